The molecule has 11 heavy (non-hydrogen) atoms. The minimum Gasteiger partial charge on any atom is -0.385 e. The molecule has 0 heterocycles. The van der Waals surface area contributed by atoms with Gasteiger partial charge in [-0.25, -0.2) is 0 Å². The van der Waals surface area contributed by atoms with Crippen LogP contribution in [0.15, 0.2) is 0 Å². The predicted octanol–water partition coefficient (Wildman–Crippen LogP) is 1.55. The van der Waals surface area contributed by atoms with E-state index in [0.717, 1.165) is 13.0 Å². The summed E-state index contributed by atoms with van der Waals surface area (Å²) < 4.78 is 5.01. The molecule has 2 nitrogen and oxygen atoms in total. The first-order valence-corrected chi connectivity index (χ1v) is 4.43. The van der Waals surface area contributed by atoms with E-state index in [-0.39, 0.29) is 0 Å². The lowest BCUT2D eigenvalue weighted by molar-refractivity contribution is 0.182. The van der Waals surface area contributed by atoms with Crippen LogP contribution in [0.5, 0.6) is 0 Å². The highest BCUT2D eigenvalue weighted by Gasteiger charge is 2.37. The Labute approximate surface area is 69.3 Å². The molecule has 0 saturated heterocycles. The van der Waals surface area contributed by atoms with E-state index in [4.69, 9.17) is 4.74 Å². The van der Waals surface area contributed by atoms with Gasteiger partial charge in [-0.05, 0) is 33.1 Å². The molecule has 1 rings (SSSR count). The van der Waals surface area contributed by atoms with Gasteiger partial charge in [0.15, 0.2) is 0 Å². The Morgan fingerprint density at radius 3 is 2.64 bits per heavy atom. The quantitative estimate of drug-likeness (QED) is 0.654. The Bertz CT molecular complexity index is 121. The number of rotatable bonds is 5. The van der Waals surface area contributed by atoms with Crippen molar-refractivity contribution >= 4 is 0 Å². The summed E-state index contributed by atoms with van der Waals surface area (Å²) in [5.41, 5.74) is 0.465. The Morgan fingerprint density at radius 2 is 2.18 bits per heavy atom. The van der Waals surface area contributed by atoms with Gasteiger partial charge in [-0.15, -0.1) is 0 Å². The van der Waals surface area contributed by atoms with Crippen LogP contribution in [0.4, 0.5) is 0 Å². The number of methoxy groups -OCH3 is 1. The predicted molar refractivity (Wildman–Crippen MR) is 46.7 cm³/mol. The second-order valence-electron chi connectivity index (χ2n) is 3.89. The molecule has 1 saturated carbocycles. The van der Waals surface area contributed by atoms with Crippen molar-refractivity contribution in [2.45, 2.75) is 44.7 Å². The van der Waals surface area contributed by atoms with E-state index < -0.39 is 0 Å². The zero-order chi connectivity index (χ0) is 8.32. The topological polar surface area (TPSA) is 21.3 Å². The van der Waals surface area contributed by atoms with Gasteiger partial charge in [-0.3, -0.25) is 0 Å². The molecular formula is C9H19NO. The van der Waals surface area contributed by atoms with E-state index in [0.29, 0.717) is 11.6 Å². The van der Waals surface area contributed by atoms with Crippen LogP contribution < -0.4 is 5.32 Å². The molecule has 0 aromatic heterocycles. The van der Waals surface area contributed by atoms with Gasteiger partial charge in [0, 0.05) is 25.3 Å². The normalized spacial score (nSPS) is 23.2. The van der Waals surface area contributed by atoms with Crippen LogP contribution >= 0.6 is 0 Å². The van der Waals surface area contributed by atoms with Gasteiger partial charge in [0.25, 0.3) is 0 Å². The molecule has 0 aliphatic heterocycles. The fraction of sp³-hybridized carbons (Fsp3) is 1.00. The van der Waals surface area contributed by atoms with Crippen molar-refractivity contribution in [2.24, 2.45) is 0 Å². The molecule has 1 fully saturated rings. The monoisotopic (exact) mass is 157 g/mol. The average Bonchev–Trinajstić information content (AvgIpc) is 2.63. The summed E-state index contributed by atoms with van der Waals surface area (Å²) in [5, 5.41) is 3.58. The summed E-state index contributed by atoms with van der Waals surface area (Å²) in [6.07, 6.45) is 3.79. The van der Waals surface area contributed by atoms with Crippen molar-refractivity contribution in [1.82, 2.24) is 5.32 Å². The SMILES string of the molecule is COCCC(C)NC1(C)CC1. The largest absolute Gasteiger partial charge is 0.385 e. The first-order valence-electron chi connectivity index (χ1n) is 4.43. The minimum absolute atomic E-state index is 0.465. The van der Waals surface area contributed by atoms with Gasteiger partial charge in [0.1, 0.15) is 0 Å². The van der Waals surface area contributed by atoms with Crippen LogP contribution in [-0.4, -0.2) is 25.3 Å². The molecule has 0 spiro atoms. The molecule has 1 aliphatic carbocycles. The lowest BCUT2D eigenvalue weighted by Gasteiger charge is -2.18. The van der Waals surface area contributed by atoms with Crippen molar-refractivity contribution in [3.63, 3.8) is 0 Å². The number of nitrogens with one attached hydrogen (secondary N) is 1. The third-order valence-electron chi connectivity index (χ3n) is 2.35. The van der Waals surface area contributed by atoms with Crippen LogP contribution in [0.3, 0.4) is 0 Å². The molecule has 1 N–H and O–H groups in total. The van der Waals surface area contributed by atoms with Crippen molar-refractivity contribution < 1.29 is 4.74 Å². The van der Waals surface area contributed by atoms with Crippen molar-refractivity contribution in [3.05, 3.63) is 0 Å². The fourth-order valence-electron chi connectivity index (χ4n) is 1.29. The molecule has 0 amide bonds. The maximum atomic E-state index is 5.01. The summed E-state index contributed by atoms with van der Waals surface area (Å²) in [6, 6.07) is 0.599. The first-order chi connectivity index (χ1) is 5.16. The standard InChI is InChI=1S/C9H19NO/c1-8(4-7-11-3)10-9(2)5-6-9/h8,10H,4-7H2,1-3H3. The van der Waals surface area contributed by atoms with Crippen LogP contribution in [0.25, 0.3) is 0 Å². The smallest absolute Gasteiger partial charge is 0.0476 e. The molecule has 1 aliphatic rings. The van der Waals surface area contributed by atoms with Crippen molar-refractivity contribution in [2.75, 3.05) is 13.7 Å². The molecule has 0 aromatic carbocycles. The summed E-state index contributed by atoms with van der Waals surface area (Å²) in [4.78, 5) is 0. The van der Waals surface area contributed by atoms with Gasteiger partial charge in [0.05, 0.1) is 0 Å². The Kier molecular flexibility index (Phi) is 2.90. The van der Waals surface area contributed by atoms with Crippen LogP contribution in [-0.2, 0) is 4.74 Å². The second-order valence-corrected chi connectivity index (χ2v) is 3.89. The van der Waals surface area contributed by atoms with E-state index in [2.05, 4.69) is 19.2 Å². The molecule has 2 heteroatoms. The number of hydrogen-bond donors (Lipinski definition) is 1. The Balaban J connectivity index is 2.05. The van der Waals surface area contributed by atoms with Crippen LogP contribution in [0.1, 0.15) is 33.1 Å². The molecule has 1 unspecified atom stereocenters. The van der Waals surface area contributed by atoms with Gasteiger partial charge >= 0.3 is 0 Å². The third-order valence-corrected chi connectivity index (χ3v) is 2.35. The highest BCUT2D eigenvalue weighted by molar-refractivity contribution is 4.98. The molecule has 0 radical (unpaired) electrons. The van der Waals surface area contributed by atoms with Crippen molar-refractivity contribution in [1.29, 1.82) is 0 Å². The highest BCUT2D eigenvalue weighted by atomic mass is 16.5. The maximum absolute atomic E-state index is 5.01. The Morgan fingerprint density at radius 1 is 1.55 bits per heavy atom. The summed E-state index contributed by atoms with van der Waals surface area (Å²) in [5.74, 6) is 0. The van der Waals surface area contributed by atoms with Crippen LogP contribution in [0.2, 0.25) is 0 Å². The summed E-state index contributed by atoms with van der Waals surface area (Å²) in [7, 11) is 1.76. The van der Waals surface area contributed by atoms with Crippen LogP contribution in [0, 0.1) is 0 Å². The minimum atomic E-state index is 0.465. The molecule has 0 bridgehead atoms. The van der Waals surface area contributed by atoms with Gasteiger partial charge in [-0.2, -0.15) is 0 Å². The zero-order valence-electron chi connectivity index (χ0n) is 7.81. The zero-order valence-corrected chi connectivity index (χ0v) is 7.81. The van der Waals surface area contributed by atoms with Gasteiger partial charge in [0.2, 0.25) is 0 Å². The van der Waals surface area contributed by atoms with E-state index in [1.165, 1.54) is 12.8 Å². The summed E-state index contributed by atoms with van der Waals surface area (Å²) >= 11 is 0. The third kappa shape index (κ3) is 3.21. The fourth-order valence-corrected chi connectivity index (χ4v) is 1.29. The summed E-state index contributed by atoms with van der Waals surface area (Å²) in [6.45, 7) is 5.38. The van der Waals surface area contributed by atoms with Gasteiger partial charge in [-0.1, -0.05) is 0 Å². The Hall–Kier alpha value is -0.0800. The molecular weight excluding hydrogens is 138 g/mol. The molecule has 1 atom stereocenters. The first kappa shape index (κ1) is 9.01. The van der Waals surface area contributed by atoms with E-state index in [1.807, 2.05) is 0 Å². The van der Waals surface area contributed by atoms with E-state index >= 15 is 0 Å². The highest BCUT2D eigenvalue weighted by Crippen LogP contribution is 2.34. The van der Waals surface area contributed by atoms with E-state index in [9.17, 15) is 0 Å². The average molecular weight is 157 g/mol. The number of hydrogen-bond acceptors (Lipinski definition) is 2. The lowest BCUT2D eigenvalue weighted by Crippen LogP contribution is -2.36. The molecule has 0 aromatic rings. The van der Waals surface area contributed by atoms with E-state index in [1.54, 1.807) is 7.11 Å². The number of ether oxygens (including phenoxy) is 1. The lowest BCUT2D eigenvalue weighted by atomic mass is 10.2. The van der Waals surface area contributed by atoms with Crippen molar-refractivity contribution in [3.8, 4) is 0 Å². The van der Waals surface area contributed by atoms with Gasteiger partial charge < -0.3 is 10.1 Å². The maximum Gasteiger partial charge on any atom is 0.0476 e. The molecule has 66 valence electrons. The second kappa shape index (κ2) is 3.55.